The SMILES string of the molecule is Nc1cccc2c1C(COc1ccc(O)cc1)=CS2(=O)=O. The van der Waals surface area contributed by atoms with E-state index < -0.39 is 9.84 Å². The molecule has 0 amide bonds. The van der Waals surface area contributed by atoms with Gasteiger partial charge in [0.2, 0.25) is 9.84 Å². The van der Waals surface area contributed by atoms with E-state index in [1.54, 1.807) is 24.3 Å². The lowest BCUT2D eigenvalue weighted by Gasteiger charge is -2.09. The largest absolute Gasteiger partial charge is 0.508 e. The lowest BCUT2D eigenvalue weighted by atomic mass is 10.1. The van der Waals surface area contributed by atoms with Gasteiger partial charge in [-0.1, -0.05) is 6.07 Å². The molecule has 108 valence electrons. The second-order valence-corrected chi connectivity index (χ2v) is 6.46. The molecule has 0 saturated carbocycles. The number of phenols is 1. The average Bonchev–Trinajstić information content (AvgIpc) is 2.71. The van der Waals surface area contributed by atoms with Crippen molar-refractivity contribution < 1.29 is 18.3 Å². The summed E-state index contributed by atoms with van der Waals surface area (Å²) in [6.45, 7) is 0.0885. The first-order chi connectivity index (χ1) is 9.97. The topological polar surface area (TPSA) is 89.6 Å². The minimum absolute atomic E-state index is 0.0885. The molecule has 0 fully saturated rings. The van der Waals surface area contributed by atoms with Gasteiger partial charge in [-0.25, -0.2) is 8.42 Å². The fourth-order valence-electron chi connectivity index (χ4n) is 2.25. The van der Waals surface area contributed by atoms with Crippen molar-refractivity contribution in [2.75, 3.05) is 12.3 Å². The number of nitrogens with two attached hydrogens (primary N) is 1. The number of nitrogen functional groups attached to an aromatic ring is 1. The van der Waals surface area contributed by atoms with E-state index in [2.05, 4.69) is 0 Å². The standard InChI is InChI=1S/C15H13NO4S/c16-13-2-1-3-14-15(13)10(9-21(14,18)19)8-20-12-6-4-11(17)5-7-12/h1-7,9,17H,8,16H2. The van der Waals surface area contributed by atoms with Gasteiger partial charge >= 0.3 is 0 Å². The number of phenolic OH excluding ortho intramolecular Hbond substituents is 1. The van der Waals surface area contributed by atoms with Crippen molar-refractivity contribution in [3.63, 3.8) is 0 Å². The van der Waals surface area contributed by atoms with Gasteiger partial charge in [0.15, 0.2) is 0 Å². The third kappa shape index (κ3) is 2.45. The Morgan fingerprint density at radius 1 is 1.10 bits per heavy atom. The molecule has 1 aliphatic rings. The molecule has 5 nitrogen and oxygen atoms in total. The lowest BCUT2D eigenvalue weighted by molar-refractivity contribution is 0.368. The van der Waals surface area contributed by atoms with Gasteiger partial charge in [0.25, 0.3) is 0 Å². The molecule has 0 unspecified atom stereocenters. The van der Waals surface area contributed by atoms with Gasteiger partial charge in [-0.2, -0.15) is 0 Å². The van der Waals surface area contributed by atoms with Crippen LogP contribution in [0.15, 0.2) is 52.8 Å². The Kier molecular flexibility index (Phi) is 3.10. The maximum absolute atomic E-state index is 12.1. The number of hydrogen-bond donors (Lipinski definition) is 2. The highest BCUT2D eigenvalue weighted by Crippen LogP contribution is 2.37. The summed E-state index contributed by atoms with van der Waals surface area (Å²) in [7, 11) is -3.45. The molecule has 0 saturated heterocycles. The molecular weight excluding hydrogens is 290 g/mol. The normalized spacial score (nSPS) is 15.3. The Morgan fingerprint density at radius 3 is 2.52 bits per heavy atom. The van der Waals surface area contributed by atoms with Crippen molar-refractivity contribution in [1.82, 2.24) is 0 Å². The molecule has 1 heterocycles. The van der Waals surface area contributed by atoms with Crippen molar-refractivity contribution in [3.05, 3.63) is 53.4 Å². The van der Waals surface area contributed by atoms with Crippen molar-refractivity contribution in [2.24, 2.45) is 0 Å². The molecule has 6 heteroatoms. The number of ether oxygens (including phenoxy) is 1. The van der Waals surface area contributed by atoms with Crippen LogP contribution < -0.4 is 10.5 Å². The zero-order valence-corrected chi connectivity index (χ0v) is 11.8. The first-order valence-corrected chi connectivity index (χ1v) is 7.78. The van der Waals surface area contributed by atoms with E-state index in [0.717, 1.165) is 0 Å². The highest BCUT2D eigenvalue weighted by Gasteiger charge is 2.28. The number of rotatable bonds is 3. The Hall–Kier alpha value is -2.47. The Balaban J connectivity index is 1.89. The summed E-state index contributed by atoms with van der Waals surface area (Å²) in [6.07, 6.45) is 0. The Labute approximate surface area is 122 Å². The first kappa shape index (κ1) is 13.5. The number of hydrogen-bond acceptors (Lipinski definition) is 5. The Bertz CT molecular complexity index is 823. The van der Waals surface area contributed by atoms with Gasteiger partial charge in [-0.05, 0) is 36.4 Å². The lowest BCUT2D eigenvalue weighted by Crippen LogP contribution is -2.02. The van der Waals surface area contributed by atoms with Crippen LogP contribution in [0.2, 0.25) is 0 Å². The fourth-order valence-corrected chi connectivity index (χ4v) is 3.74. The quantitative estimate of drug-likeness (QED) is 0.848. The van der Waals surface area contributed by atoms with Crippen LogP contribution in [0.3, 0.4) is 0 Å². The summed E-state index contributed by atoms with van der Waals surface area (Å²) in [5, 5.41) is 10.4. The molecule has 0 atom stereocenters. The van der Waals surface area contributed by atoms with Crippen LogP contribution in [0.4, 0.5) is 5.69 Å². The summed E-state index contributed by atoms with van der Waals surface area (Å²) in [5.74, 6) is 0.675. The fraction of sp³-hybridized carbons (Fsp3) is 0.0667. The summed E-state index contributed by atoms with van der Waals surface area (Å²) in [6, 6.07) is 11.0. The third-order valence-electron chi connectivity index (χ3n) is 3.21. The van der Waals surface area contributed by atoms with E-state index in [0.29, 0.717) is 22.6 Å². The van der Waals surface area contributed by atoms with Gasteiger partial charge in [0, 0.05) is 22.2 Å². The molecule has 2 aromatic rings. The van der Waals surface area contributed by atoms with E-state index in [9.17, 15) is 13.5 Å². The van der Waals surface area contributed by atoms with Crippen molar-refractivity contribution in [3.8, 4) is 11.5 Å². The molecule has 0 radical (unpaired) electrons. The zero-order chi connectivity index (χ0) is 15.0. The maximum Gasteiger partial charge on any atom is 0.200 e. The number of benzene rings is 2. The third-order valence-corrected chi connectivity index (χ3v) is 4.76. The van der Waals surface area contributed by atoms with Crippen LogP contribution in [-0.4, -0.2) is 20.1 Å². The van der Waals surface area contributed by atoms with E-state index in [4.69, 9.17) is 10.5 Å². The van der Waals surface area contributed by atoms with E-state index in [1.165, 1.54) is 23.6 Å². The minimum atomic E-state index is -3.45. The molecule has 0 aromatic heterocycles. The second-order valence-electron chi connectivity index (χ2n) is 4.69. The van der Waals surface area contributed by atoms with Crippen LogP contribution in [0.25, 0.3) is 5.57 Å². The van der Waals surface area contributed by atoms with E-state index in [1.807, 2.05) is 0 Å². The smallest absolute Gasteiger partial charge is 0.200 e. The van der Waals surface area contributed by atoms with Gasteiger partial charge in [0.1, 0.15) is 18.1 Å². The zero-order valence-electron chi connectivity index (χ0n) is 11.0. The maximum atomic E-state index is 12.1. The van der Waals surface area contributed by atoms with Gasteiger partial charge in [-0.3, -0.25) is 0 Å². The monoisotopic (exact) mass is 303 g/mol. The summed E-state index contributed by atoms with van der Waals surface area (Å²) >= 11 is 0. The molecule has 2 aromatic carbocycles. The summed E-state index contributed by atoms with van der Waals surface area (Å²) in [5.41, 5.74) is 7.32. The van der Waals surface area contributed by atoms with Crippen molar-refractivity contribution >= 4 is 21.1 Å². The molecule has 3 N–H and O–H groups in total. The number of sulfone groups is 1. The highest BCUT2D eigenvalue weighted by molar-refractivity contribution is 7.95. The molecule has 3 rings (SSSR count). The van der Waals surface area contributed by atoms with Gasteiger partial charge in [0.05, 0.1) is 4.90 Å². The molecule has 1 aliphatic heterocycles. The molecular formula is C15H13NO4S. The van der Waals surface area contributed by atoms with Crippen molar-refractivity contribution in [2.45, 2.75) is 4.90 Å². The predicted molar refractivity (Wildman–Crippen MR) is 79.6 cm³/mol. The summed E-state index contributed by atoms with van der Waals surface area (Å²) in [4.78, 5) is 0.215. The number of aromatic hydroxyl groups is 1. The van der Waals surface area contributed by atoms with Crippen LogP contribution in [0.1, 0.15) is 5.56 Å². The Morgan fingerprint density at radius 2 is 1.81 bits per heavy atom. The average molecular weight is 303 g/mol. The van der Waals surface area contributed by atoms with Crippen LogP contribution in [-0.2, 0) is 9.84 Å². The molecule has 21 heavy (non-hydrogen) atoms. The number of fused-ring (bicyclic) bond motifs is 1. The van der Waals surface area contributed by atoms with Gasteiger partial charge < -0.3 is 15.6 Å². The second kappa shape index (κ2) is 4.82. The van der Waals surface area contributed by atoms with Crippen molar-refractivity contribution in [1.29, 1.82) is 0 Å². The van der Waals surface area contributed by atoms with E-state index >= 15 is 0 Å². The number of anilines is 1. The van der Waals surface area contributed by atoms with Crippen LogP contribution >= 0.6 is 0 Å². The van der Waals surface area contributed by atoms with E-state index in [-0.39, 0.29) is 17.3 Å². The molecule has 0 bridgehead atoms. The van der Waals surface area contributed by atoms with Crippen LogP contribution in [0.5, 0.6) is 11.5 Å². The van der Waals surface area contributed by atoms with Crippen LogP contribution in [0, 0.1) is 0 Å². The molecule has 0 aliphatic carbocycles. The highest BCUT2D eigenvalue weighted by atomic mass is 32.2. The molecule has 0 spiro atoms. The predicted octanol–water partition coefficient (Wildman–Crippen LogP) is 2.18. The summed E-state index contributed by atoms with van der Waals surface area (Å²) < 4.78 is 29.7. The first-order valence-electron chi connectivity index (χ1n) is 6.24. The van der Waals surface area contributed by atoms with Gasteiger partial charge in [-0.15, -0.1) is 0 Å². The minimum Gasteiger partial charge on any atom is -0.508 e.